The van der Waals surface area contributed by atoms with Crippen LogP contribution >= 0.6 is 0 Å². The van der Waals surface area contributed by atoms with E-state index in [1.54, 1.807) is 6.07 Å². The molecule has 1 fully saturated rings. The summed E-state index contributed by atoms with van der Waals surface area (Å²) < 4.78 is 26.9. The fourth-order valence-corrected chi connectivity index (χ4v) is 4.41. The Morgan fingerprint density at radius 2 is 2.19 bits per heavy atom. The van der Waals surface area contributed by atoms with E-state index in [2.05, 4.69) is 0 Å². The summed E-state index contributed by atoms with van der Waals surface area (Å²) in [5.41, 5.74) is 6.45. The number of aromatic carboxylic acids is 1. The average Bonchev–Trinajstić information content (AvgIpc) is 2.46. The molecule has 0 amide bonds. The number of nitrogens with two attached hydrogens (primary N) is 1. The summed E-state index contributed by atoms with van der Waals surface area (Å²) in [6.07, 6.45) is 2.05. The van der Waals surface area contributed by atoms with Gasteiger partial charge in [0.25, 0.3) is 0 Å². The number of benzene rings is 1. The molecule has 0 saturated carbocycles. The quantitative estimate of drug-likeness (QED) is 0.865. The van der Waals surface area contributed by atoms with Crippen LogP contribution in [-0.2, 0) is 16.4 Å². The average molecular weight is 312 g/mol. The summed E-state index contributed by atoms with van der Waals surface area (Å²) >= 11 is 0. The zero-order valence-corrected chi connectivity index (χ0v) is 12.8. The zero-order valence-electron chi connectivity index (χ0n) is 11.9. The van der Waals surface area contributed by atoms with Gasteiger partial charge in [-0.25, -0.2) is 13.2 Å². The maximum absolute atomic E-state index is 12.8. The van der Waals surface area contributed by atoms with Crippen LogP contribution in [0.2, 0.25) is 0 Å². The third kappa shape index (κ3) is 3.25. The number of sulfonamides is 1. The van der Waals surface area contributed by atoms with E-state index >= 15 is 0 Å². The van der Waals surface area contributed by atoms with Crippen molar-refractivity contribution in [3.8, 4) is 0 Å². The van der Waals surface area contributed by atoms with Crippen LogP contribution in [0, 0.1) is 0 Å². The van der Waals surface area contributed by atoms with Crippen molar-refractivity contribution in [3.05, 3.63) is 29.3 Å². The van der Waals surface area contributed by atoms with Crippen molar-refractivity contribution < 1.29 is 18.3 Å². The van der Waals surface area contributed by atoms with E-state index in [-0.39, 0.29) is 23.0 Å². The molecule has 7 heteroatoms. The summed E-state index contributed by atoms with van der Waals surface area (Å²) in [4.78, 5) is 11.2. The number of carboxylic acids is 1. The molecule has 2 rings (SSSR count). The van der Waals surface area contributed by atoms with Gasteiger partial charge in [0.05, 0.1) is 10.5 Å². The van der Waals surface area contributed by atoms with E-state index in [9.17, 15) is 13.2 Å². The molecule has 0 spiro atoms. The highest BCUT2D eigenvalue weighted by atomic mass is 32.2. The van der Waals surface area contributed by atoms with Gasteiger partial charge >= 0.3 is 5.97 Å². The Labute approximate surface area is 124 Å². The van der Waals surface area contributed by atoms with Crippen LogP contribution in [0.4, 0.5) is 0 Å². The van der Waals surface area contributed by atoms with E-state index in [0.29, 0.717) is 18.5 Å². The Morgan fingerprint density at radius 1 is 1.48 bits per heavy atom. The van der Waals surface area contributed by atoms with Gasteiger partial charge in [0, 0.05) is 19.1 Å². The molecule has 1 aliphatic rings. The molecule has 1 aromatic carbocycles. The van der Waals surface area contributed by atoms with Crippen LogP contribution in [0.15, 0.2) is 23.1 Å². The van der Waals surface area contributed by atoms with Crippen LogP contribution in [-0.4, -0.2) is 42.9 Å². The van der Waals surface area contributed by atoms with Crippen molar-refractivity contribution in [3.63, 3.8) is 0 Å². The molecule has 0 aromatic heterocycles. The zero-order chi connectivity index (χ0) is 15.6. The van der Waals surface area contributed by atoms with Crippen molar-refractivity contribution in [1.82, 2.24) is 4.31 Å². The van der Waals surface area contributed by atoms with Crippen molar-refractivity contribution in [2.45, 2.75) is 37.1 Å². The highest BCUT2D eigenvalue weighted by Crippen LogP contribution is 2.25. The van der Waals surface area contributed by atoms with Crippen molar-refractivity contribution >= 4 is 16.0 Å². The molecule has 0 bridgehead atoms. The number of carbonyl (C=O) groups is 1. The minimum Gasteiger partial charge on any atom is -0.478 e. The van der Waals surface area contributed by atoms with Gasteiger partial charge in [-0.2, -0.15) is 4.31 Å². The molecular formula is C14H20N2O4S. The smallest absolute Gasteiger partial charge is 0.335 e. The number of carboxylic acid groups (broad SMARTS) is 1. The van der Waals surface area contributed by atoms with Crippen molar-refractivity contribution in [2.24, 2.45) is 5.73 Å². The minimum absolute atomic E-state index is 0.0212. The van der Waals surface area contributed by atoms with Gasteiger partial charge in [0.1, 0.15) is 0 Å². The fourth-order valence-electron chi connectivity index (χ4n) is 2.55. The predicted molar refractivity (Wildman–Crippen MR) is 78.7 cm³/mol. The standard InChI is InChI=1S/C14H20N2O4S/c1-2-10-5-6-11(14(17)18)8-13(10)21(19,20)16-7-3-4-12(15)9-16/h5-6,8,12H,2-4,7,9,15H2,1H3,(H,17,18). The molecule has 0 aliphatic carbocycles. The van der Waals surface area contributed by atoms with Crippen LogP contribution in [0.1, 0.15) is 35.7 Å². The lowest BCUT2D eigenvalue weighted by Crippen LogP contribution is -2.45. The van der Waals surface area contributed by atoms with E-state index < -0.39 is 16.0 Å². The summed E-state index contributed by atoms with van der Waals surface area (Å²) in [7, 11) is -3.70. The number of rotatable bonds is 4. The lowest BCUT2D eigenvalue weighted by atomic mass is 10.1. The van der Waals surface area contributed by atoms with E-state index in [1.807, 2.05) is 6.92 Å². The van der Waals surface area contributed by atoms with Crippen LogP contribution in [0.3, 0.4) is 0 Å². The summed E-state index contributed by atoms with van der Waals surface area (Å²) in [6.45, 7) is 2.55. The molecule has 0 radical (unpaired) electrons. The molecule has 1 aliphatic heterocycles. The van der Waals surface area contributed by atoms with Gasteiger partial charge in [-0.05, 0) is 37.0 Å². The Balaban J connectivity index is 2.47. The fraction of sp³-hybridized carbons (Fsp3) is 0.500. The van der Waals surface area contributed by atoms with Crippen molar-refractivity contribution in [1.29, 1.82) is 0 Å². The van der Waals surface area contributed by atoms with Crippen LogP contribution in [0.25, 0.3) is 0 Å². The number of hydrogen-bond acceptors (Lipinski definition) is 4. The lowest BCUT2D eigenvalue weighted by Gasteiger charge is -2.30. The molecule has 1 unspecified atom stereocenters. The normalized spacial score (nSPS) is 20.4. The summed E-state index contributed by atoms with van der Waals surface area (Å²) in [6, 6.07) is 4.08. The molecule has 116 valence electrons. The third-order valence-electron chi connectivity index (χ3n) is 3.73. The number of piperidine rings is 1. The van der Waals surface area contributed by atoms with Gasteiger partial charge < -0.3 is 10.8 Å². The van der Waals surface area contributed by atoms with Crippen LogP contribution < -0.4 is 5.73 Å². The number of nitrogens with zero attached hydrogens (tertiary/aromatic N) is 1. The van der Waals surface area contributed by atoms with E-state index in [0.717, 1.165) is 12.8 Å². The maximum atomic E-state index is 12.8. The molecule has 1 atom stereocenters. The lowest BCUT2D eigenvalue weighted by molar-refractivity contribution is 0.0696. The Morgan fingerprint density at radius 3 is 2.76 bits per heavy atom. The molecule has 1 saturated heterocycles. The van der Waals surface area contributed by atoms with Crippen LogP contribution in [0.5, 0.6) is 0 Å². The Hall–Kier alpha value is -1.44. The second-order valence-electron chi connectivity index (χ2n) is 5.25. The Kier molecular flexibility index (Phi) is 4.65. The largest absolute Gasteiger partial charge is 0.478 e. The Bertz CT molecular complexity index is 642. The maximum Gasteiger partial charge on any atom is 0.335 e. The molecule has 1 aromatic rings. The van der Waals surface area contributed by atoms with Gasteiger partial charge in [0.15, 0.2) is 0 Å². The number of aryl methyl sites for hydroxylation is 1. The topological polar surface area (TPSA) is 101 Å². The molecular weight excluding hydrogens is 292 g/mol. The minimum atomic E-state index is -3.70. The second-order valence-corrected chi connectivity index (χ2v) is 7.15. The highest BCUT2D eigenvalue weighted by molar-refractivity contribution is 7.89. The predicted octanol–water partition coefficient (Wildman–Crippen LogP) is 1.06. The van der Waals surface area contributed by atoms with Gasteiger partial charge in [-0.3, -0.25) is 0 Å². The molecule has 3 N–H and O–H groups in total. The molecule has 1 heterocycles. The second kappa shape index (κ2) is 6.13. The highest BCUT2D eigenvalue weighted by Gasteiger charge is 2.30. The van der Waals surface area contributed by atoms with E-state index in [4.69, 9.17) is 10.8 Å². The van der Waals surface area contributed by atoms with Gasteiger partial charge in [0.2, 0.25) is 10.0 Å². The monoisotopic (exact) mass is 312 g/mol. The van der Waals surface area contributed by atoms with Gasteiger partial charge in [-0.15, -0.1) is 0 Å². The summed E-state index contributed by atoms with van der Waals surface area (Å²) in [5.74, 6) is -1.13. The molecule has 21 heavy (non-hydrogen) atoms. The first-order valence-corrected chi connectivity index (χ1v) is 8.42. The van der Waals surface area contributed by atoms with E-state index in [1.165, 1.54) is 16.4 Å². The first kappa shape index (κ1) is 15.9. The first-order chi connectivity index (χ1) is 9.86. The first-order valence-electron chi connectivity index (χ1n) is 6.98. The SMILES string of the molecule is CCc1ccc(C(=O)O)cc1S(=O)(=O)N1CCCC(N)C1. The number of hydrogen-bond donors (Lipinski definition) is 2. The summed E-state index contributed by atoms with van der Waals surface area (Å²) in [5, 5.41) is 9.06. The van der Waals surface area contributed by atoms with Crippen molar-refractivity contribution in [2.75, 3.05) is 13.1 Å². The third-order valence-corrected chi connectivity index (χ3v) is 5.68. The molecule has 6 nitrogen and oxygen atoms in total. The van der Waals surface area contributed by atoms with Gasteiger partial charge in [-0.1, -0.05) is 13.0 Å².